The Morgan fingerprint density at radius 2 is 1.50 bits per heavy atom. The van der Waals surface area contributed by atoms with Crippen LogP contribution >= 0.6 is 0 Å². The molecule has 7 heteroatoms. The van der Waals surface area contributed by atoms with Gasteiger partial charge in [0.1, 0.15) is 6.61 Å². The SMILES string of the molecule is CCCOC(=O)COC(=O)/C=C/C(=O)OCCOCC. The molecule has 0 N–H and O–H groups in total. The molecule has 0 radical (unpaired) electrons. The zero-order valence-corrected chi connectivity index (χ0v) is 11.8. The third kappa shape index (κ3) is 11.2. The fraction of sp³-hybridized carbons (Fsp3) is 0.615. The maximum Gasteiger partial charge on any atom is 0.344 e. The quantitative estimate of drug-likeness (QED) is 0.252. The van der Waals surface area contributed by atoms with Crippen molar-refractivity contribution in [2.75, 3.05) is 33.0 Å². The number of rotatable bonds is 10. The fourth-order valence-corrected chi connectivity index (χ4v) is 0.965. The standard InChI is InChI=1S/C13H20O7/c1-3-7-18-13(16)10-20-12(15)6-5-11(14)19-9-8-17-4-2/h5-6H,3-4,7-10H2,1-2H3/b6-5+. The predicted molar refractivity (Wildman–Crippen MR) is 68.8 cm³/mol. The Hall–Kier alpha value is -1.89. The van der Waals surface area contributed by atoms with Crippen LogP contribution in [0.15, 0.2) is 12.2 Å². The van der Waals surface area contributed by atoms with Gasteiger partial charge in [-0.2, -0.15) is 0 Å². The number of carbonyl (C=O) groups is 3. The number of esters is 3. The van der Waals surface area contributed by atoms with Crippen molar-refractivity contribution < 1.29 is 33.3 Å². The van der Waals surface area contributed by atoms with Crippen molar-refractivity contribution in [2.45, 2.75) is 20.3 Å². The lowest BCUT2D eigenvalue weighted by Crippen LogP contribution is -2.16. The van der Waals surface area contributed by atoms with E-state index in [-0.39, 0.29) is 13.2 Å². The molecular formula is C13H20O7. The van der Waals surface area contributed by atoms with E-state index < -0.39 is 24.5 Å². The molecule has 0 aromatic carbocycles. The van der Waals surface area contributed by atoms with Crippen LogP contribution in [0.3, 0.4) is 0 Å². The average molecular weight is 288 g/mol. The van der Waals surface area contributed by atoms with E-state index in [2.05, 4.69) is 4.74 Å². The molecule has 0 spiro atoms. The first-order valence-corrected chi connectivity index (χ1v) is 6.35. The van der Waals surface area contributed by atoms with Crippen molar-refractivity contribution in [3.8, 4) is 0 Å². The van der Waals surface area contributed by atoms with E-state index in [0.717, 1.165) is 12.2 Å². The van der Waals surface area contributed by atoms with Crippen LogP contribution in [0.1, 0.15) is 20.3 Å². The highest BCUT2D eigenvalue weighted by atomic mass is 16.6. The molecule has 0 fully saturated rings. The first-order valence-electron chi connectivity index (χ1n) is 6.35. The summed E-state index contributed by atoms with van der Waals surface area (Å²) in [7, 11) is 0. The third-order valence-electron chi connectivity index (χ3n) is 1.83. The van der Waals surface area contributed by atoms with Gasteiger partial charge in [-0.1, -0.05) is 6.92 Å². The van der Waals surface area contributed by atoms with E-state index in [0.29, 0.717) is 19.6 Å². The number of carbonyl (C=O) groups excluding carboxylic acids is 3. The van der Waals surface area contributed by atoms with Gasteiger partial charge in [0.05, 0.1) is 13.2 Å². The molecule has 114 valence electrons. The smallest absolute Gasteiger partial charge is 0.344 e. The highest BCUT2D eigenvalue weighted by Gasteiger charge is 2.06. The van der Waals surface area contributed by atoms with Gasteiger partial charge in [0.25, 0.3) is 0 Å². The van der Waals surface area contributed by atoms with Crippen LogP contribution in [0, 0.1) is 0 Å². The number of hydrogen-bond donors (Lipinski definition) is 0. The fourth-order valence-electron chi connectivity index (χ4n) is 0.965. The highest BCUT2D eigenvalue weighted by Crippen LogP contribution is 1.89. The van der Waals surface area contributed by atoms with Crippen LogP contribution in [0.25, 0.3) is 0 Å². The van der Waals surface area contributed by atoms with E-state index in [1.54, 1.807) is 0 Å². The van der Waals surface area contributed by atoms with Crippen LogP contribution in [-0.4, -0.2) is 50.9 Å². The molecule has 7 nitrogen and oxygen atoms in total. The van der Waals surface area contributed by atoms with Crippen LogP contribution in [-0.2, 0) is 33.3 Å². The monoisotopic (exact) mass is 288 g/mol. The van der Waals surface area contributed by atoms with Crippen LogP contribution in [0.5, 0.6) is 0 Å². The lowest BCUT2D eigenvalue weighted by molar-refractivity contribution is -0.156. The molecule has 0 bridgehead atoms. The summed E-state index contributed by atoms with van der Waals surface area (Å²) in [5, 5.41) is 0. The van der Waals surface area contributed by atoms with Gasteiger partial charge >= 0.3 is 17.9 Å². The van der Waals surface area contributed by atoms with E-state index in [9.17, 15) is 14.4 Å². The minimum atomic E-state index is -0.819. The summed E-state index contributed by atoms with van der Waals surface area (Å²) >= 11 is 0. The van der Waals surface area contributed by atoms with Crippen molar-refractivity contribution in [2.24, 2.45) is 0 Å². The third-order valence-corrected chi connectivity index (χ3v) is 1.83. The zero-order valence-electron chi connectivity index (χ0n) is 11.8. The molecule has 0 aromatic heterocycles. The van der Waals surface area contributed by atoms with Crippen molar-refractivity contribution >= 4 is 17.9 Å². The molecule has 0 rings (SSSR count). The number of hydrogen-bond acceptors (Lipinski definition) is 7. The topological polar surface area (TPSA) is 88.1 Å². The van der Waals surface area contributed by atoms with E-state index in [1.807, 2.05) is 13.8 Å². The Morgan fingerprint density at radius 1 is 0.850 bits per heavy atom. The summed E-state index contributed by atoms with van der Waals surface area (Å²) in [6.07, 6.45) is 2.49. The van der Waals surface area contributed by atoms with Gasteiger partial charge in [0.2, 0.25) is 0 Å². The maximum atomic E-state index is 11.2. The Labute approximate surface area is 117 Å². The van der Waals surface area contributed by atoms with Crippen molar-refractivity contribution in [3.05, 3.63) is 12.2 Å². The Morgan fingerprint density at radius 3 is 2.10 bits per heavy atom. The Kier molecular flexibility index (Phi) is 11.0. The molecule has 20 heavy (non-hydrogen) atoms. The summed E-state index contributed by atoms with van der Waals surface area (Å²) in [4.78, 5) is 33.3. The van der Waals surface area contributed by atoms with Crippen molar-refractivity contribution in [3.63, 3.8) is 0 Å². The molecule has 0 aromatic rings. The van der Waals surface area contributed by atoms with Gasteiger partial charge in [0, 0.05) is 18.8 Å². The Balaban J connectivity index is 3.75. The number of ether oxygens (including phenoxy) is 4. The molecule has 0 aliphatic rings. The molecular weight excluding hydrogens is 268 g/mol. The summed E-state index contributed by atoms with van der Waals surface area (Å²) in [6, 6.07) is 0. The molecule has 0 aliphatic heterocycles. The molecule has 0 aliphatic carbocycles. The minimum Gasteiger partial charge on any atom is -0.463 e. The second-order valence-electron chi connectivity index (χ2n) is 3.53. The lowest BCUT2D eigenvalue weighted by atomic mass is 10.5. The zero-order chi connectivity index (χ0) is 15.2. The predicted octanol–water partition coefficient (Wildman–Crippen LogP) is 0.619. The molecule has 0 heterocycles. The normalized spacial score (nSPS) is 10.3. The van der Waals surface area contributed by atoms with E-state index >= 15 is 0 Å². The van der Waals surface area contributed by atoms with Gasteiger partial charge in [-0.05, 0) is 13.3 Å². The largest absolute Gasteiger partial charge is 0.463 e. The van der Waals surface area contributed by atoms with Crippen molar-refractivity contribution in [1.82, 2.24) is 0 Å². The van der Waals surface area contributed by atoms with E-state index in [1.165, 1.54) is 0 Å². The summed E-state index contributed by atoms with van der Waals surface area (Å²) in [5.41, 5.74) is 0. The molecule has 0 unspecified atom stereocenters. The second kappa shape index (κ2) is 12.2. The van der Waals surface area contributed by atoms with Crippen LogP contribution in [0.2, 0.25) is 0 Å². The summed E-state index contributed by atoms with van der Waals surface area (Å²) in [5.74, 6) is -2.14. The van der Waals surface area contributed by atoms with Gasteiger partial charge in [0.15, 0.2) is 6.61 Å². The molecule has 0 atom stereocenters. The van der Waals surface area contributed by atoms with Gasteiger partial charge in [-0.15, -0.1) is 0 Å². The highest BCUT2D eigenvalue weighted by molar-refractivity contribution is 5.92. The van der Waals surface area contributed by atoms with Crippen molar-refractivity contribution in [1.29, 1.82) is 0 Å². The Bertz CT molecular complexity index is 336. The maximum absolute atomic E-state index is 11.2. The van der Waals surface area contributed by atoms with E-state index in [4.69, 9.17) is 14.2 Å². The lowest BCUT2D eigenvalue weighted by Gasteiger charge is -2.03. The van der Waals surface area contributed by atoms with Gasteiger partial charge < -0.3 is 18.9 Å². The van der Waals surface area contributed by atoms with Crippen LogP contribution < -0.4 is 0 Å². The molecule has 0 saturated carbocycles. The average Bonchev–Trinajstić information content (AvgIpc) is 2.45. The molecule has 0 saturated heterocycles. The van der Waals surface area contributed by atoms with Gasteiger partial charge in [-0.25, -0.2) is 14.4 Å². The first kappa shape index (κ1) is 18.1. The summed E-state index contributed by atoms with van der Waals surface area (Å²) < 4.78 is 18.9. The van der Waals surface area contributed by atoms with Gasteiger partial charge in [-0.3, -0.25) is 0 Å². The second-order valence-corrected chi connectivity index (χ2v) is 3.53. The first-order chi connectivity index (χ1) is 9.60. The molecule has 0 amide bonds. The van der Waals surface area contributed by atoms with Crippen LogP contribution in [0.4, 0.5) is 0 Å². The summed E-state index contributed by atoms with van der Waals surface area (Å²) in [6.45, 7) is 4.40. The minimum absolute atomic E-state index is 0.107.